The zero-order valence-corrected chi connectivity index (χ0v) is 12.6. The maximum absolute atomic E-state index is 11.9. The molecule has 0 aromatic carbocycles. The summed E-state index contributed by atoms with van der Waals surface area (Å²) < 4.78 is 5.45. The van der Waals surface area contributed by atoms with E-state index in [1.807, 2.05) is 25.7 Å². The van der Waals surface area contributed by atoms with Gasteiger partial charge < -0.3 is 20.3 Å². The second-order valence-electron chi connectivity index (χ2n) is 6.57. The van der Waals surface area contributed by atoms with Gasteiger partial charge in [0.15, 0.2) is 0 Å². The lowest BCUT2D eigenvalue weighted by molar-refractivity contribution is -0.131. The van der Waals surface area contributed by atoms with Gasteiger partial charge in [0.1, 0.15) is 0 Å². The summed E-state index contributed by atoms with van der Waals surface area (Å²) in [5.41, 5.74) is -0.193. The molecule has 0 radical (unpaired) electrons. The molecule has 2 aliphatic rings. The lowest BCUT2D eigenvalue weighted by atomic mass is 10.1. The Bertz CT molecular complexity index is 372. The van der Waals surface area contributed by atoms with Crippen molar-refractivity contribution in [3.05, 3.63) is 0 Å². The molecule has 2 rings (SSSR count). The second kappa shape index (κ2) is 5.99. The van der Waals surface area contributed by atoms with Gasteiger partial charge in [0, 0.05) is 31.7 Å². The first-order valence-corrected chi connectivity index (χ1v) is 7.32. The average Bonchev–Trinajstić information content (AvgIpc) is 2.95. The second-order valence-corrected chi connectivity index (χ2v) is 6.57. The molecule has 114 valence electrons. The maximum Gasteiger partial charge on any atom is 0.315 e. The van der Waals surface area contributed by atoms with Crippen LogP contribution in [-0.4, -0.2) is 54.2 Å². The van der Waals surface area contributed by atoms with E-state index >= 15 is 0 Å². The van der Waals surface area contributed by atoms with Crippen molar-refractivity contribution in [2.24, 2.45) is 0 Å². The van der Waals surface area contributed by atoms with E-state index < -0.39 is 0 Å². The smallest absolute Gasteiger partial charge is 0.315 e. The fourth-order valence-electron chi connectivity index (χ4n) is 2.70. The first-order valence-electron chi connectivity index (χ1n) is 7.32. The van der Waals surface area contributed by atoms with Crippen LogP contribution in [0.15, 0.2) is 0 Å². The van der Waals surface area contributed by atoms with E-state index in [4.69, 9.17) is 4.74 Å². The largest absolute Gasteiger partial charge is 0.376 e. The zero-order valence-electron chi connectivity index (χ0n) is 12.6. The number of carbonyl (C=O) groups excluding carboxylic acids is 2. The van der Waals surface area contributed by atoms with E-state index in [1.165, 1.54) is 0 Å². The SMILES string of the molecule is CC(C)(C)N1CC(NC(=O)NCC2CCCO2)CC1=O. The molecular weight excluding hydrogens is 258 g/mol. The Hall–Kier alpha value is -1.30. The first-order chi connectivity index (χ1) is 9.36. The molecule has 2 aliphatic heterocycles. The van der Waals surface area contributed by atoms with Gasteiger partial charge in [0.2, 0.25) is 5.91 Å². The van der Waals surface area contributed by atoms with Crippen molar-refractivity contribution in [2.45, 2.75) is 57.7 Å². The molecular formula is C14H25N3O3. The first kappa shape index (κ1) is 15.1. The summed E-state index contributed by atoms with van der Waals surface area (Å²) in [4.78, 5) is 25.5. The Kier molecular flexibility index (Phi) is 4.52. The van der Waals surface area contributed by atoms with Gasteiger partial charge in [-0.2, -0.15) is 0 Å². The van der Waals surface area contributed by atoms with Gasteiger partial charge in [0.25, 0.3) is 0 Å². The van der Waals surface area contributed by atoms with Crippen LogP contribution in [0.3, 0.4) is 0 Å². The molecule has 6 heteroatoms. The van der Waals surface area contributed by atoms with Gasteiger partial charge in [-0.15, -0.1) is 0 Å². The van der Waals surface area contributed by atoms with Gasteiger partial charge in [-0.25, -0.2) is 4.79 Å². The molecule has 2 saturated heterocycles. The quantitative estimate of drug-likeness (QED) is 0.807. The summed E-state index contributed by atoms with van der Waals surface area (Å²) in [7, 11) is 0. The fourth-order valence-corrected chi connectivity index (χ4v) is 2.70. The third kappa shape index (κ3) is 3.85. The number of hydrogen-bond acceptors (Lipinski definition) is 3. The van der Waals surface area contributed by atoms with Crippen LogP contribution in [0.25, 0.3) is 0 Å². The van der Waals surface area contributed by atoms with Gasteiger partial charge in [-0.1, -0.05) is 0 Å². The predicted octanol–water partition coefficient (Wildman–Crippen LogP) is 0.864. The van der Waals surface area contributed by atoms with Crippen molar-refractivity contribution in [2.75, 3.05) is 19.7 Å². The number of likely N-dealkylation sites (tertiary alicyclic amines) is 1. The summed E-state index contributed by atoms with van der Waals surface area (Å²) >= 11 is 0. The van der Waals surface area contributed by atoms with Crippen LogP contribution in [0.5, 0.6) is 0 Å². The van der Waals surface area contributed by atoms with Crippen LogP contribution in [0.4, 0.5) is 4.79 Å². The molecule has 2 N–H and O–H groups in total. The average molecular weight is 283 g/mol. The Morgan fingerprint density at radius 3 is 2.75 bits per heavy atom. The van der Waals surface area contributed by atoms with E-state index in [2.05, 4.69) is 10.6 Å². The van der Waals surface area contributed by atoms with Crippen molar-refractivity contribution in [3.63, 3.8) is 0 Å². The lowest BCUT2D eigenvalue weighted by Crippen LogP contribution is -2.47. The van der Waals surface area contributed by atoms with E-state index in [0.717, 1.165) is 19.4 Å². The van der Waals surface area contributed by atoms with Crippen molar-refractivity contribution >= 4 is 11.9 Å². The van der Waals surface area contributed by atoms with Crippen LogP contribution >= 0.6 is 0 Å². The Balaban J connectivity index is 1.73. The van der Waals surface area contributed by atoms with E-state index in [0.29, 0.717) is 19.5 Å². The molecule has 2 atom stereocenters. The Morgan fingerprint density at radius 1 is 1.45 bits per heavy atom. The number of nitrogens with zero attached hydrogens (tertiary/aromatic N) is 1. The Labute approximate surface area is 120 Å². The molecule has 0 aromatic heterocycles. The summed E-state index contributed by atoms with van der Waals surface area (Å²) in [6.45, 7) is 7.91. The molecule has 2 fully saturated rings. The highest BCUT2D eigenvalue weighted by atomic mass is 16.5. The molecule has 6 nitrogen and oxygen atoms in total. The van der Waals surface area contributed by atoms with Crippen molar-refractivity contribution in [1.82, 2.24) is 15.5 Å². The van der Waals surface area contributed by atoms with Crippen LogP contribution in [-0.2, 0) is 9.53 Å². The monoisotopic (exact) mass is 283 g/mol. The molecule has 0 aliphatic carbocycles. The molecule has 3 amide bonds. The molecule has 0 saturated carbocycles. The number of carbonyl (C=O) groups is 2. The standard InChI is InChI=1S/C14H25N3O3/c1-14(2,3)17-9-10(7-12(17)18)16-13(19)15-8-11-5-4-6-20-11/h10-11H,4-9H2,1-3H3,(H2,15,16,19). The van der Waals surface area contributed by atoms with Gasteiger partial charge in [-0.05, 0) is 33.6 Å². The number of ether oxygens (including phenoxy) is 1. The van der Waals surface area contributed by atoms with Crippen LogP contribution in [0.2, 0.25) is 0 Å². The normalized spacial score (nSPS) is 26.9. The topological polar surface area (TPSA) is 70.7 Å². The summed E-state index contributed by atoms with van der Waals surface area (Å²) in [6.07, 6.45) is 2.58. The van der Waals surface area contributed by atoms with E-state index in [1.54, 1.807) is 0 Å². The zero-order chi connectivity index (χ0) is 14.8. The number of hydrogen-bond donors (Lipinski definition) is 2. The van der Waals surface area contributed by atoms with E-state index in [9.17, 15) is 9.59 Å². The minimum Gasteiger partial charge on any atom is -0.376 e. The number of rotatable bonds is 3. The maximum atomic E-state index is 11.9. The molecule has 20 heavy (non-hydrogen) atoms. The predicted molar refractivity (Wildman–Crippen MR) is 75.4 cm³/mol. The van der Waals surface area contributed by atoms with Crippen LogP contribution in [0.1, 0.15) is 40.0 Å². The molecule has 2 heterocycles. The van der Waals surface area contributed by atoms with Crippen LogP contribution in [0, 0.1) is 0 Å². The number of nitrogens with one attached hydrogen (secondary N) is 2. The molecule has 0 spiro atoms. The summed E-state index contributed by atoms with van der Waals surface area (Å²) in [5, 5.41) is 5.68. The Morgan fingerprint density at radius 2 is 2.20 bits per heavy atom. The number of amides is 3. The van der Waals surface area contributed by atoms with Crippen molar-refractivity contribution < 1.29 is 14.3 Å². The fraction of sp³-hybridized carbons (Fsp3) is 0.857. The minimum atomic E-state index is -0.214. The highest BCUT2D eigenvalue weighted by Crippen LogP contribution is 2.21. The highest BCUT2D eigenvalue weighted by Gasteiger charge is 2.36. The highest BCUT2D eigenvalue weighted by molar-refractivity contribution is 5.82. The number of urea groups is 1. The third-order valence-corrected chi connectivity index (χ3v) is 3.78. The summed E-state index contributed by atoms with van der Waals surface area (Å²) in [5.74, 6) is 0.0990. The van der Waals surface area contributed by atoms with Crippen molar-refractivity contribution in [1.29, 1.82) is 0 Å². The van der Waals surface area contributed by atoms with Crippen molar-refractivity contribution in [3.8, 4) is 0 Å². The van der Waals surface area contributed by atoms with Gasteiger partial charge in [0.05, 0.1) is 12.1 Å². The van der Waals surface area contributed by atoms with Gasteiger partial charge in [-0.3, -0.25) is 4.79 Å². The lowest BCUT2D eigenvalue weighted by Gasteiger charge is -2.32. The molecule has 2 unspecified atom stereocenters. The molecule has 0 bridgehead atoms. The van der Waals surface area contributed by atoms with Gasteiger partial charge >= 0.3 is 6.03 Å². The minimum absolute atomic E-state index is 0.0990. The van der Waals surface area contributed by atoms with Crippen LogP contribution < -0.4 is 10.6 Å². The van der Waals surface area contributed by atoms with E-state index in [-0.39, 0.29) is 29.6 Å². The third-order valence-electron chi connectivity index (χ3n) is 3.78. The summed E-state index contributed by atoms with van der Waals surface area (Å²) in [6, 6.07) is -0.319. The molecule has 0 aromatic rings.